The third-order valence-electron chi connectivity index (χ3n) is 4.93. The van der Waals surface area contributed by atoms with Gasteiger partial charge in [0.25, 0.3) is 0 Å². The first-order valence-corrected chi connectivity index (χ1v) is 11.7. The molecule has 160 valence electrons. The molecule has 0 bridgehead atoms. The molecule has 0 unspecified atom stereocenters. The number of rotatable bonds is 6. The van der Waals surface area contributed by atoms with E-state index < -0.39 is 0 Å². The average molecular weight is 453 g/mol. The van der Waals surface area contributed by atoms with E-state index in [1.807, 2.05) is 37.4 Å². The molecule has 8 heteroatoms. The van der Waals surface area contributed by atoms with Crippen molar-refractivity contribution in [2.45, 2.75) is 38.6 Å². The molecular formula is C23H24N4O2S2. The van der Waals surface area contributed by atoms with Crippen LogP contribution in [0.1, 0.15) is 29.3 Å². The summed E-state index contributed by atoms with van der Waals surface area (Å²) in [4.78, 5) is 26.9. The largest absolute Gasteiger partial charge is 0.497 e. The molecule has 0 aliphatic rings. The lowest BCUT2D eigenvalue weighted by atomic mass is 10.0. The van der Waals surface area contributed by atoms with Crippen molar-refractivity contribution in [2.75, 3.05) is 12.0 Å². The maximum atomic E-state index is 12.5. The summed E-state index contributed by atoms with van der Waals surface area (Å²) in [7, 11) is 1.65. The molecule has 2 aromatic heterocycles. The van der Waals surface area contributed by atoms with Gasteiger partial charge in [-0.3, -0.25) is 9.69 Å². The Bertz CT molecular complexity index is 1240. The molecular weight excluding hydrogens is 428 g/mol. The van der Waals surface area contributed by atoms with Crippen LogP contribution in [0.2, 0.25) is 0 Å². The summed E-state index contributed by atoms with van der Waals surface area (Å²) in [6.07, 6.45) is 0. The molecule has 0 radical (unpaired) electrons. The first-order chi connectivity index (χ1) is 14.9. The molecule has 1 N–H and O–H groups in total. The van der Waals surface area contributed by atoms with Crippen LogP contribution in [0.4, 0.5) is 10.8 Å². The highest BCUT2D eigenvalue weighted by molar-refractivity contribution is 7.98. The molecule has 6 nitrogen and oxygen atoms in total. The van der Waals surface area contributed by atoms with Crippen LogP contribution >= 0.6 is 23.1 Å². The van der Waals surface area contributed by atoms with Gasteiger partial charge in [-0.25, -0.2) is 9.97 Å². The van der Waals surface area contributed by atoms with Crippen LogP contribution < -0.4 is 9.64 Å². The van der Waals surface area contributed by atoms with Gasteiger partial charge in [0, 0.05) is 24.1 Å². The third kappa shape index (κ3) is 4.45. The van der Waals surface area contributed by atoms with Crippen molar-refractivity contribution in [1.82, 2.24) is 15.0 Å². The van der Waals surface area contributed by atoms with Crippen LogP contribution in [-0.2, 0) is 10.5 Å². The Morgan fingerprint density at radius 2 is 1.90 bits per heavy atom. The second kappa shape index (κ2) is 8.72. The molecule has 31 heavy (non-hydrogen) atoms. The monoisotopic (exact) mass is 452 g/mol. The van der Waals surface area contributed by atoms with Gasteiger partial charge in [0.2, 0.25) is 5.91 Å². The summed E-state index contributed by atoms with van der Waals surface area (Å²) in [6, 6.07) is 9.96. The van der Waals surface area contributed by atoms with Gasteiger partial charge >= 0.3 is 0 Å². The van der Waals surface area contributed by atoms with Gasteiger partial charge in [-0.15, -0.1) is 11.3 Å². The number of thioether (sulfide) groups is 1. The Morgan fingerprint density at radius 3 is 2.58 bits per heavy atom. The number of amides is 1. The highest BCUT2D eigenvalue weighted by atomic mass is 32.2. The standard InChI is InChI=1S/C23H24N4O2S2/c1-13-8-14(2)21(15(3)9-13)27(16(4)28)23-24-17(12-31-23)11-30-22-25-19-7-6-18(29-5)10-20(19)26-22/h6-10,12H,11H2,1-5H3,(H,25,26). The van der Waals surface area contributed by atoms with E-state index in [0.717, 1.165) is 44.4 Å². The Labute approximate surface area is 189 Å². The number of imidazole rings is 1. The van der Waals surface area contributed by atoms with Crippen LogP contribution in [0.3, 0.4) is 0 Å². The number of hydrogen-bond donors (Lipinski definition) is 1. The SMILES string of the molecule is COc1ccc2nc(SCc3csc(N(C(C)=O)c4c(C)cc(C)cc4C)n3)[nH]c2c1. The number of ether oxygens (including phenoxy) is 1. The van der Waals surface area contributed by atoms with Crippen molar-refractivity contribution in [3.63, 3.8) is 0 Å². The number of nitrogens with one attached hydrogen (secondary N) is 1. The Hall–Kier alpha value is -2.84. The number of anilines is 2. The lowest BCUT2D eigenvalue weighted by Gasteiger charge is -2.23. The number of methoxy groups -OCH3 is 1. The number of aromatic amines is 1. The fraction of sp³-hybridized carbons (Fsp3) is 0.261. The smallest absolute Gasteiger partial charge is 0.230 e. The minimum Gasteiger partial charge on any atom is -0.497 e. The number of carbonyl (C=O) groups excluding carboxylic acids is 1. The average Bonchev–Trinajstić information content (AvgIpc) is 3.34. The van der Waals surface area contributed by atoms with Crippen molar-refractivity contribution < 1.29 is 9.53 Å². The number of hydrogen-bond acceptors (Lipinski definition) is 6. The molecule has 4 aromatic rings. The van der Waals surface area contributed by atoms with Crippen molar-refractivity contribution in [3.05, 3.63) is 58.1 Å². The number of H-pyrrole nitrogens is 1. The number of thiazole rings is 1. The Balaban J connectivity index is 1.55. The first kappa shape index (κ1) is 21.4. The number of aromatic nitrogens is 3. The van der Waals surface area contributed by atoms with Gasteiger partial charge in [-0.05, 0) is 44.0 Å². The zero-order chi connectivity index (χ0) is 22.1. The van der Waals surface area contributed by atoms with Crippen LogP contribution in [0.25, 0.3) is 11.0 Å². The van der Waals surface area contributed by atoms with Gasteiger partial charge in [0.05, 0.1) is 29.5 Å². The predicted octanol–water partition coefficient (Wildman–Crippen LogP) is 5.93. The second-order valence-corrected chi connectivity index (χ2v) is 9.24. The van der Waals surface area contributed by atoms with E-state index in [0.29, 0.717) is 10.9 Å². The number of fused-ring (bicyclic) bond motifs is 1. The van der Waals surface area contributed by atoms with Crippen molar-refractivity contribution in [3.8, 4) is 5.75 Å². The predicted molar refractivity (Wildman–Crippen MR) is 128 cm³/mol. The zero-order valence-corrected chi connectivity index (χ0v) is 19.8. The number of nitrogens with zero attached hydrogens (tertiary/aromatic N) is 3. The summed E-state index contributed by atoms with van der Waals surface area (Å²) in [5, 5.41) is 3.52. The van der Waals surface area contributed by atoms with Gasteiger partial charge in [0.15, 0.2) is 10.3 Å². The molecule has 4 rings (SSSR count). The fourth-order valence-corrected chi connectivity index (χ4v) is 5.44. The molecule has 0 aliphatic carbocycles. The van der Waals surface area contributed by atoms with Crippen LogP contribution in [-0.4, -0.2) is 28.0 Å². The number of carbonyl (C=O) groups is 1. The molecule has 0 aliphatic heterocycles. The van der Waals surface area contributed by atoms with E-state index in [9.17, 15) is 4.79 Å². The lowest BCUT2D eigenvalue weighted by Crippen LogP contribution is -2.24. The second-order valence-electron chi connectivity index (χ2n) is 7.44. The molecule has 2 aromatic carbocycles. The first-order valence-electron chi connectivity index (χ1n) is 9.85. The van der Waals surface area contributed by atoms with Crippen molar-refractivity contribution in [2.24, 2.45) is 0 Å². The van der Waals surface area contributed by atoms with Crippen LogP contribution in [0.15, 0.2) is 40.9 Å². The summed E-state index contributed by atoms with van der Waals surface area (Å²) in [6.45, 7) is 7.71. The van der Waals surface area contributed by atoms with E-state index in [-0.39, 0.29) is 5.91 Å². The highest BCUT2D eigenvalue weighted by Crippen LogP contribution is 2.35. The maximum absolute atomic E-state index is 12.5. The van der Waals surface area contributed by atoms with Gasteiger partial charge in [0.1, 0.15) is 5.75 Å². The van der Waals surface area contributed by atoms with Crippen molar-refractivity contribution >= 4 is 50.9 Å². The molecule has 0 fully saturated rings. The summed E-state index contributed by atoms with van der Waals surface area (Å²) < 4.78 is 5.27. The maximum Gasteiger partial charge on any atom is 0.230 e. The number of aryl methyl sites for hydroxylation is 3. The number of benzene rings is 2. The van der Waals surface area contributed by atoms with Gasteiger partial charge in [-0.1, -0.05) is 29.5 Å². The molecule has 0 spiro atoms. The highest BCUT2D eigenvalue weighted by Gasteiger charge is 2.22. The summed E-state index contributed by atoms with van der Waals surface area (Å²) >= 11 is 3.06. The van der Waals surface area contributed by atoms with E-state index in [1.54, 1.807) is 30.7 Å². The summed E-state index contributed by atoms with van der Waals surface area (Å²) in [5.41, 5.74) is 6.98. The normalized spacial score (nSPS) is 11.1. The van der Waals surface area contributed by atoms with Crippen LogP contribution in [0.5, 0.6) is 5.75 Å². The molecule has 0 atom stereocenters. The third-order valence-corrected chi connectivity index (χ3v) is 6.71. The molecule has 2 heterocycles. The molecule has 1 amide bonds. The zero-order valence-electron chi connectivity index (χ0n) is 18.1. The molecule has 0 saturated heterocycles. The topological polar surface area (TPSA) is 71.1 Å². The quantitative estimate of drug-likeness (QED) is 0.367. The van der Waals surface area contributed by atoms with Gasteiger partial charge in [-0.2, -0.15) is 0 Å². The molecule has 0 saturated carbocycles. The minimum absolute atomic E-state index is 0.0464. The van der Waals surface area contributed by atoms with E-state index >= 15 is 0 Å². The fourth-order valence-electron chi connectivity index (χ4n) is 3.68. The van der Waals surface area contributed by atoms with Crippen molar-refractivity contribution in [1.29, 1.82) is 0 Å². The Kier molecular flexibility index (Phi) is 6.02. The van der Waals surface area contributed by atoms with E-state index in [2.05, 4.69) is 29.0 Å². The Morgan fingerprint density at radius 1 is 1.16 bits per heavy atom. The van der Waals surface area contributed by atoms with Gasteiger partial charge < -0.3 is 9.72 Å². The van der Waals surface area contributed by atoms with E-state index in [4.69, 9.17) is 9.72 Å². The summed E-state index contributed by atoms with van der Waals surface area (Å²) in [5.74, 6) is 1.41. The van der Waals surface area contributed by atoms with E-state index in [1.165, 1.54) is 16.9 Å². The lowest BCUT2D eigenvalue weighted by molar-refractivity contribution is -0.115. The minimum atomic E-state index is -0.0464. The van der Waals surface area contributed by atoms with Crippen LogP contribution in [0, 0.1) is 20.8 Å².